The molecule has 2 aromatic heterocycles. The van der Waals surface area contributed by atoms with E-state index in [4.69, 9.17) is 0 Å². The second-order valence-electron chi connectivity index (χ2n) is 7.35. The van der Waals surface area contributed by atoms with E-state index in [1.54, 1.807) is 11.3 Å². The largest absolute Gasteiger partial charge is 0.306 e. The summed E-state index contributed by atoms with van der Waals surface area (Å²) in [5.74, 6) is 0.321. The van der Waals surface area contributed by atoms with Crippen molar-refractivity contribution in [3.8, 4) is 0 Å². The van der Waals surface area contributed by atoms with Gasteiger partial charge in [0.05, 0.1) is 5.75 Å². The molecule has 0 saturated heterocycles. The minimum atomic E-state index is 0.0433. The molecule has 0 bridgehead atoms. The molecule has 0 N–H and O–H groups in total. The van der Waals surface area contributed by atoms with Crippen molar-refractivity contribution in [2.45, 2.75) is 44.3 Å². The lowest BCUT2D eigenvalue weighted by Gasteiger charge is -2.14. The van der Waals surface area contributed by atoms with Gasteiger partial charge < -0.3 is 4.57 Å². The van der Waals surface area contributed by atoms with Gasteiger partial charge in [0, 0.05) is 27.0 Å². The number of rotatable bonds is 6. The highest BCUT2D eigenvalue weighted by atomic mass is 79.9. The third kappa shape index (κ3) is 4.27. The first-order valence-electron chi connectivity index (χ1n) is 9.55. The number of nitrogens with zero attached hydrogens (tertiary/aromatic N) is 2. The molecule has 2 heterocycles. The third-order valence-corrected chi connectivity index (χ3v) is 7.75. The summed E-state index contributed by atoms with van der Waals surface area (Å²) in [4.78, 5) is 32.4. The molecule has 0 radical (unpaired) electrons. The van der Waals surface area contributed by atoms with E-state index in [9.17, 15) is 9.59 Å². The van der Waals surface area contributed by atoms with E-state index in [-0.39, 0.29) is 17.0 Å². The first kappa shape index (κ1) is 20.6. The summed E-state index contributed by atoms with van der Waals surface area (Å²) >= 11 is 6.46. The van der Waals surface area contributed by atoms with E-state index in [2.05, 4.69) is 32.1 Å². The molecular formula is C22H21BrN2O2S2. The Bertz CT molecular complexity index is 1160. The Labute approximate surface area is 186 Å². The highest BCUT2D eigenvalue weighted by molar-refractivity contribution is 9.10. The molecule has 1 aliphatic carbocycles. The van der Waals surface area contributed by atoms with Gasteiger partial charge in [-0.05, 0) is 44.7 Å². The van der Waals surface area contributed by atoms with Crippen molar-refractivity contribution in [1.82, 2.24) is 9.55 Å². The zero-order valence-corrected chi connectivity index (χ0v) is 19.4. The minimum Gasteiger partial charge on any atom is -0.306 e. The molecule has 0 spiro atoms. The summed E-state index contributed by atoms with van der Waals surface area (Å²) in [5.41, 5.74) is 3.20. The van der Waals surface area contributed by atoms with E-state index in [1.165, 1.54) is 16.6 Å². The second kappa shape index (κ2) is 8.58. The fourth-order valence-corrected chi connectivity index (χ4v) is 6.04. The number of hydrogen-bond acceptors (Lipinski definition) is 5. The Morgan fingerprint density at radius 2 is 2.00 bits per heavy atom. The van der Waals surface area contributed by atoms with Crippen LogP contribution in [0, 0.1) is 0 Å². The van der Waals surface area contributed by atoms with Crippen LogP contribution in [0.4, 0.5) is 0 Å². The van der Waals surface area contributed by atoms with Gasteiger partial charge in [-0.3, -0.25) is 9.59 Å². The number of Topliss-reactive ketones (excluding diaryl/α,β-unsaturated/α-hetero) is 1. The zero-order chi connectivity index (χ0) is 20.5. The monoisotopic (exact) mass is 488 g/mol. The summed E-state index contributed by atoms with van der Waals surface area (Å²) < 4.78 is 3.00. The summed E-state index contributed by atoms with van der Waals surface area (Å²) in [5, 5.41) is 0.712. The molecule has 4 rings (SSSR count). The lowest BCUT2D eigenvalue weighted by Crippen LogP contribution is -2.15. The predicted molar refractivity (Wildman–Crippen MR) is 125 cm³/mol. The topological polar surface area (TPSA) is 52.0 Å². The molecule has 150 valence electrons. The summed E-state index contributed by atoms with van der Waals surface area (Å²) in [7, 11) is 0. The minimum absolute atomic E-state index is 0.0433. The van der Waals surface area contributed by atoms with Gasteiger partial charge in [0.25, 0.3) is 0 Å². The number of fused-ring (bicyclic) bond motifs is 2. The van der Waals surface area contributed by atoms with Crippen LogP contribution in [0.15, 0.2) is 50.8 Å². The lowest BCUT2D eigenvalue weighted by atomic mass is 9.98. The van der Waals surface area contributed by atoms with Crippen molar-refractivity contribution < 1.29 is 4.79 Å². The van der Waals surface area contributed by atoms with Gasteiger partial charge in [-0.2, -0.15) is 0 Å². The quantitative estimate of drug-likeness (QED) is 0.255. The summed E-state index contributed by atoms with van der Waals surface area (Å²) in [6, 6.07) is 7.36. The number of carbonyl (C=O) groups excluding carboxylic acids is 1. The average Bonchev–Trinajstić information content (AvgIpc) is 3.04. The number of benzene rings is 1. The van der Waals surface area contributed by atoms with E-state index in [0.717, 1.165) is 46.1 Å². The maximum atomic E-state index is 13.0. The van der Waals surface area contributed by atoms with Crippen molar-refractivity contribution in [3.05, 3.63) is 67.1 Å². The molecule has 7 heteroatoms. The van der Waals surface area contributed by atoms with Crippen LogP contribution in [-0.4, -0.2) is 21.1 Å². The Kier molecular flexibility index (Phi) is 6.08. The Morgan fingerprint density at radius 3 is 2.72 bits per heavy atom. The molecule has 0 amide bonds. The van der Waals surface area contributed by atoms with Crippen LogP contribution in [0.2, 0.25) is 0 Å². The Morgan fingerprint density at radius 1 is 1.28 bits per heavy atom. The van der Waals surface area contributed by atoms with Crippen LogP contribution in [0.1, 0.15) is 40.6 Å². The molecule has 4 nitrogen and oxygen atoms in total. The zero-order valence-electron chi connectivity index (χ0n) is 16.2. The molecule has 1 aromatic carbocycles. The van der Waals surface area contributed by atoms with Gasteiger partial charge in [-0.1, -0.05) is 52.0 Å². The van der Waals surface area contributed by atoms with Crippen molar-refractivity contribution in [2.24, 2.45) is 0 Å². The summed E-state index contributed by atoms with van der Waals surface area (Å²) in [6.45, 7) is 6.60. The summed E-state index contributed by atoms with van der Waals surface area (Å²) in [6.07, 6.45) is 4.01. The van der Waals surface area contributed by atoms with Crippen LogP contribution < -0.4 is 5.43 Å². The fraction of sp³-hybridized carbons (Fsp3) is 0.318. The van der Waals surface area contributed by atoms with Crippen LogP contribution >= 0.6 is 39.0 Å². The third-order valence-electron chi connectivity index (χ3n) is 4.94. The Balaban J connectivity index is 1.70. The second-order valence-corrected chi connectivity index (χ2v) is 10.3. The highest BCUT2D eigenvalue weighted by Crippen LogP contribution is 2.32. The molecule has 0 atom stereocenters. The van der Waals surface area contributed by atoms with E-state index in [0.29, 0.717) is 22.8 Å². The number of halogens is 1. The molecule has 0 aliphatic heterocycles. The number of ketones is 1. The van der Waals surface area contributed by atoms with E-state index < -0.39 is 0 Å². The smallest absolute Gasteiger partial charge is 0.211 e. The van der Waals surface area contributed by atoms with Gasteiger partial charge in [0.2, 0.25) is 5.43 Å². The molecular weight excluding hydrogens is 468 g/mol. The standard InChI is InChI=1S/C22H21BrN2O2S2/c1-13(2)11-25-21-19(20(27)16-5-3-4-6-18(16)29-21)24-22(25)28-12-17(26)14-7-9-15(23)10-8-14/h7-10H,1,3-6,11-12H2,2H3. The van der Waals surface area contributed by atoms with Gasteiger partial charge >= 0.3 is 0 Å². The van der Waals surface area contributed by atoms with Crippen molar-refractivity contribution >= 4 is 55.2 Å². The lowest BCUT2D eigenvalue weighted by molar-refractivity contribution is 0.102. The molecule has 0 fully saturated rings. The van der Waals surface area contributed by atoms with Crippen molar-refractivity contribution in [3.63, 3.8) is 0 Å². The SMILES string of the molecule is C=C(C)Cn1c(SCC(=O)c2ccc(Br)cc2)nc2c(=O)c3c(sc21)CCCC3. The number of hydrogen-bond donors (Lipinski definition) is 0. The van der Waals surface area contributed by atoms with Crippen LogP contribution in [-0.2, 0) is 19.4 Å². The Hall–Kier alpha value is -1.70. The number of aryl methyl sites for hydroxylation is 1. The highest BCUT2D eigenvalue weighted by Gasteiger charge is 2.22. The van der Waals surface area contributed by atoms with Gasteiger partial charge in [-0.25, -0.2) is 4.98 Å². The number of carbonyl (C=O) groups is 1. The number of allylic oxidation sites excluding steroid dienone is 1. The predicted octanol–water partition coefficient (Wildman–Crippen LogP) is 5.65. The van der Waals surface area contributed by atoms with Crippen molar-refractivity contribution in [1.29, 1.82) is 0 Å². The molecule has 1 aliphatic rings. The number of imidazole rings is 1. The van der Waals surface area contributed by atoms with Gasteiger partial charge in [0.1, 0.15) is 10.3 Å². The first-order valence-corrected chi connectivity index (χ1v) is 12.1. The number of aromatic nitrogens is 2. The maximum absolute atomic E-state index is 13.0. The van der Waals surface area contributed by atoms with Crippen LogP contribution in [0.25, 0.3) is 10.3 Å². The fourth-order valence-electron chi connectivity index (χ4n) is 3.53. The van der Waals surface area contributed by atoms with Gasteiger partial charge in [-0.15, -0.1) is 11.3 Å². The first-order chi connectivity index (χ1) is 13.9. The molecule has 3 aromatic rings. The molecule has 0 saturated carbocycles. The molecule has 0 unspecified atom stereocenters. The number of thioether (sulfide) groups is 1. The average molecular weight is 489 g/mol. The molecule has 29 heavy (non-hydrogen) atoms. The normalized spacial score (nSPS) is 13.4. The van der Waals surface area contributed by atoms with E-state index >= 15 is 0 Å². The van der Waals surface area contributed by atoms with Gasteiger partial charge in [0.15, 0.2) is 10.9 Å². The van der Waals surface area contributed by atoms with Crippen molar-refractivity contribution in [2.75, 3.05) is 5.75 Å². The van der Waals surface area contributed by atoms with Crippen LogP contribution in [0.5, 0.6) is 0 Å². The van der Waals surface area contributed by atoms with Crippen LogP contribution in [0.3, 0.4) is 0 Å². The van der Waals surface area contributed by atoms with E-state index in [1.807, 2.05) is 31.2 Å². The maximum Gasteiger partial charge on any atom is 0.211 e.